The van der Waals surface area contributed by atoms with Gasteiger partial charge in [0.15, 0.2) is 5.82 Å². The first-order valence-electron chi connectivity index (χ1n) is 7.82. The molecule has 1 heterocycles. The van der Waals surface area contributed by atoms with E-state index in [2.05, 4.69) is 27.4 Å². The predicted octanol–water partition coefficient (Wildman–Crippen LogP) is 5.28. The van der Waals surface area contributed by atoms with E-state index in [0.29, 0.717) is 6.61 Å². The van der Waals surface area contributed by atoms with Gasteiger partial charge in [0.2, 0.25) is 0 Å². The highest BCUT2D eigenvalue weighted by molar-refractivity contribution is 5.49. The molecular weight excluding hydrogens is 274 g/mol. The topological polar surface area (TPSA) is 38.9 Å². The molecule has 114 valence electrons. The Labute approximate surface area is 131 Å². The fraction of sp³-hybridized carbons (Fsp3) is 0.333. The van der Waals surface area contributed by atoms with E-state index in [-0.39, 0.29) is 0 Å². The van der Waals surface area contributed by atoms with E-state index in [1.165, 1.54) is 24.1 Å². The summed E-state index contributed by atoms with van der Waals surface area (Å²) in [6.45, 7) is 6.54. The number of azo groups is 1. The van der Waals surface area contributed by atoms with Crippen LogP contribution in [0.2, 0.25) is 0 Å². The maximum absolute atomic E-state index is 5.43. The summed E-state index contributed by atoms with van der Waals surface area (Å²) in [5.74, 6) is 1.71. The van der Waals surface area contributed by atoms with Crippen molar-refractivity contribution in [1.29, 1.82) is 0 Å². The number of hydrogen-bond acceptors (Lipinski definition) is 3. The van der Waals surface area contributed by atoms with E-state index < -0.39 is 0 Å². The number of rotatable bonds is 5. The van der Waals surface area contributed by atoms with Gasteiger partial charge in [-0.3, -0.25) is 0 Å². The predicted molar refractivity (Wildman–Crippen MR) is 89.2 cm³/mol. The molecule has 4 nitrogen and oxygen atoms in total. The summed E-state index contributed by atoms with van der Waals surface area (Å²) in [4.78, 5) is 0. The zero-order valence-corrected chi connectivity index (χ0v) is 13.0. The highest BCUT2D eigenvalue weighted by Gasteiger charge is 2.16. The third-order valence-corrected chi connectivity index (χ3v) is 3.92. The Morgan fingerprint density at radius 2 is 1.95 bits per heavy atom. The molecule has 0 fully saturated rings. The fourth-order valence-electron chi connectivity index (χ4n) is 2.87. The van der Waals surface area contributed by atoms with Gasteiger partial charge in [0.25, 0.3) is 0 Å². The van der Waals surface area contributed by atoms with Crippen LogP contribution < -0.4 is 4.74 Å². The quantitative estimate of drug-likeness (QED) is 0.691. The number of ether oxygens (including phenoxy) is 1. The lowest BCUT2D eigenvalue weighted by Crippen LogP contribution is -2.03. The molecular formula is C18H21N3O. The Kier molecular flexibility index (Phi) is 4.37. The van der Waals surface area contributed by atoms with Gasteiger partial charge in [0, 0.05) is 11.9 Å². The maximum atomic E-state index is 5.43. The molecule has 0 amide bonds. The molecule has 3 rings (SSSR count). The molecule has 0 aliphatic heterocycles. The van der Waals surface area contributed by atoms with Crippen LogP contribution in [0.1, 0.15) is 31.0 Å². The first-order valence-corrected chi connectivity index (χ1v) is 7.82. The van der Waals surface area contributed by atoms with Crippen LogP contribution in [-0.4, -0.2) is 11.2 Å². The van der Waals surface area contributed by atoms with E-state index >= 15 is 0 Å². The number of benzene rings is 1. The van der Waals surface area contributed by atoms with Gasteiger partial charge in [-0.05, 0) is 68.5 Å². The van der Waals surface area contributed by atoms with Crippen LogP contribution in [0.5, 0.6) is 5.75 Å². The van der Waals surface area contributed by atoms with Crippen molar-refractivity contribution in [3.63, 3.8) is 0 Å². The molecule has 1 aliphatic rings. The van der Waals surface area contributed by atoms with Gasteiger partial charge in [-0.2, -0.15) is 0 Å². The molecule has 0 bridgehead atoms. The normalized spacial score (nSPS) is 14.0. The minimum absolute atomic E-state index is 0.666. The molecule has 0 saturated heterocycles. The van der Waals surface area contributed by atoms with Crippen LogP contribution in [0.4, 0.5) is 11.5 Å². The molecule has 0 atom stereocenters. The molecule has 0 saturated carbocycles. The maximum Gasteiger partial charge on any atom is 0.159 e. The minimum atomic E-state index is 0.666. The summed E-state index contributed by atoms with van der Waals surface area (Å²) in [6, 6.07) is 9.78. The number of hydrogen-bond donors (Lipinski definition) is 0. The van der Waals surface area contributed by atoms with Crippen molar-refractivity contribution in [3.05, 3.63) is 48.2 Å². The number of aryl methyl sites for hydroxylation is 1. The second-order valence-corrected chi connectivity index (χ2v) is 5.36. The van der Waals surface area contributed by atoms with Gasteiger partial charge < -0.3 is 9.30 Å². The first-order chi connectivity index (χ1) is 10.8. The number of fused-ring (bicyclic) bond motifs is 1. The second kappa shape index (κ2) is 6.60. The Morgan fingerprint density at radius 1 is 1.18 bits per heavy atom. The van der Waals surface area contributed by atoms with E-state index in [1.807, 2.05) is 37.4 Å². The van der Waals surface area contributed by atoms with Gasteiger partial charge in [-0.1, -0.05) is 6.58 Å². The van der Waals surface area contributed by atoms with Crippen LogP contribution in [-0.2, 0) is 12.8 Å². The third-order valence-electron chi connectivity index (χ3n) is 3.92. The third kappa shape index (κ3) is 2.96. The zero-order valence-electron chi connectivity index (χ0n) is 13.0. The Balaban J connectivity index is 1.83. The Bertz CT molecular complexity index is 683. The molecule has 0 N–H and O–H groups in total. The van der Waals surface area contributed by atoms with Crippen LogP contribution in [0.25, 0.3) is 6.20 Å². The molecule has 1 aromatic carbocycles. The van der Waals surface area contributed by atoms with Crippen molar-refractivity contribution in [2.45, 2.75) is 32.6 Å². The lowest BCUT2D eigenvalue weighted by atomic mass is 9.98. The monoisotopic (exact) mass is 295 g/mol. The molecule has 22 heavy (non-hydrogen) atoms. The summed E-state index contributed by atoms with van der Waals surface area (Å²) < 4.78 is 7.49. The molecule has 1 aliphatic carbocycles. The number of nitrogens with zero attached hydrogens (tertiary/aromatic N) is 3. The SMILES string of the molecule is C=Cn1c(N=Nc2ccc(OCC)cc2)cc2c1CCCC2. The van der Waals surface area contributed by atoms with E-state index in [0.717, 1.165) is 30.1 Å². The van der Waals surface area contributed by atoms with Crippen molar-refractivity contribution in [3.8, 4) is 5.75 Å². The van der Waals surface area contributed by atoms with Gasteiger partial charge in [0.05, 0.1) is 12.3 Å². The first kappa shape index (κ1) is 14.6. The number of aromatic nitrogens is 1. The minimum Gasteiger partial charge on any atom is -0.494 e. The van der Waals surface area contributed by atoms with Gasteiger partial charge >= 0.3 is 0 Å². The summed E-state index contributed by atoms with van der Waals surface area (Å²) in [5.41, 5.74) is 3.53. The highest BCUT2D eigenvalue weighted by Crippen LogP contribution is 2.31. The smallest absolute Gasteiger partial charge is 0.159 e. The van der Waals surface area contributed by atoms with E-state index in [4.69, 9.17) is 4.74 Å². The van der Waals surface area contributed by atoms with Gasteiger partial charge in [-0.25, -0.2) is 0 Å². The molecule has 0 radical (unpaired) electrons. The van der Waals surface area contributed by atoms with Crippen molar-refractivity contribution in [1.82, 2.24) is 4.57 Å². The summed E-state index contributed by atoms with van der Waals surface area (Å²) >= 11 is 0. The van der Waals surface area contributed by atoms with Gasteiger partial charge in [-0.15, -0.1) is 10.2 Å². The summed E-state index contributed by atoms with van der Waals surface area (Å²) in [6.07, 6.45) is 6.54. The van der Waals surface area contributed by atoms with E-state index in [9.17, 15) is 0 Å². The molecule has 0 unspecified atom stereocenters. The second-order valence-electron chi connectivity index (χ2n) is 5.36. The van der Waals surface area contributed by atoms with Crippen LogP contribution in [0, 0.1) is 0 Å². The molecule has 2 aromatic rings. The molecule has 0 spiro atoms. The average Bonchev–Trinajstić information content (AvgIpc) is 2.92. The highest BCUT2D eigenvalue weighted by atomic mass is 16.5. The zero-order chi connectivity index (χ0) is 15.4. The van der Waals surface area contributed by atoms with Gasteiger partial charge in [0.1, 0.15) is 5.75 Å². The summed E-state index contributed by atoms with van der Waals surface area (Å²) in [7, 11) is 0. The van der Waals surface area contributed by atoms with Crippen molar-refractivity contribution < 1.29 is 4.74 Å². The van der Waals surface area contributed by atoms with Crippen LogP contribution >= 0.6 is 0 Å². The summed E-state index contributed by atoms with van der Waals surface area (Å²) in [5, 5.41) is 8.73. The lowest BCUT2D eigenvalue weighted by molar-refractivity contribution is 0.340. The van der Waals surface area contributed by atoms with Crippen LogP contribution in [0.3, 0.4) is 0 Å². The van der Waals surface area contributed by atoms with Crippen molar-refractivity contribution in [2.24, 2.45) is 10.2 Å². The van der Waals surface area contributed by atoms with E-state index in [1.54, 1.807) is 0 Å². The Morgan fingerprint density at radius 3 is 2.68 bits per heavy atom. The largest absolute Gasteiger partial charge is 0.494 e. The van der Waals surface area contributed by atoms with Crippen molar-refractivity contribution in [2.75, 3.05) is 6.61 Å². The standard InChI is InChI=1S/C18H21N3O/c1-3-21-17-8-6-5-7-14(17)13-18(21)20-19-15-9-11-16(12-10-15)22-4-2/h3,9-13H,1,4-8H2,2H3. The lowest BCUT2D eigenvalue weighted by Gasteiger charge is -2.12. The average molecular weight is 295 g/mol. The fourth-order valence-corrected chi connectivity index (χ4v) is 2.87. The molecule has 1 aromatic heterocycles. The molecule has 4 heteroatoms. The van der Waals surface area contributed by atoms with Crippen molar-refractivity contribution >= 4 is 17.7 Å². The Hall–Kier alpha value is -2.36. The van der Waals surface area contributed by atoms with Crippen LogP contribution in [0.15, 0.2) is 47.1 Å².